The Hall–Kier alpha value is -0.910. The number of quaternary nitrogens is 3. The smallest absolute Gasteiger partial charge is 0.242 e. The molecule has 0 bridgehead atoms. The largest absolute Gasteiger partial charge is 0.544 e. The molecule has 118 valence electrons. The van der Waals surface area contributed by atoms with Gasteiger partial charge in [-0.2, -0.15) is 12.6 Å². The Morgan fingerprint density at radius 1 is 1.25 bits per heavy atom. The van der Waals surface area contributed by atoms with Gasteiger partial charge in [0, 0.05) is 12.8 Å². The molecular weight excluding hydrogens is 290 g/mol. The van der Waals surface area contributed by atoms with E-state index in [4.69, 9.17) is 0 Å². The molecule has 0 fully saturated rings. The predicted octanol–water partition coefficient (Wildman–Crippen LogP) is -8.06. The minimum Gasteiger partial charge on any atom is -0.544 e. The van der Waals surface area contributed by atoms with E-state index in [9.17, 15) is 30.0 Å². The zero-order chi connectivity index (χ0) is 15.7. The number of aliphatic hydroxyl groups is 2. The van der Waals surface area contributed by atoms with Crippen LogP contribution < -0.4 is 26.6 Å². The molecule has 10 heteroatoms. The molecule has 0 aromatic carbocycles. The van der Waals surface area contributed by atoms with Gasteiger partial charge in [-0.05, 0) is 0 Å². The standard InChI is InChI=1S/C10H21N3O6S/c11-5(10(18)19)1-2-7(14)13-6(4-20)9(17)12-3-8(15)16/h5-7,9,12-14,17,20H,1-4,11H2,(H,15,16)(H,18,19)/p+1/t5-,6-,7+,9+/m0/s1. The van der Waals surface area contributed by atoms with Crippen molar-refractivity contribution in [3.05, 3.63) is 0 Å². The van der Waals surface area contributed by atoms with Crippen molar-refractivity contribution >= 4 is 24.6 Å². The van der Waals surface area contributed by atoms with Gasteiger partial charge in [-0.1, -0.05) is 0 Å². The third kappa shape index (κ3) is 8.30. The summed E-state index contributed by atoms with van der Waals surface area (Å²) >= 11 is 4.01. The molecule has 0 rings (SSSR count). The van der Waals surface area contributed by atoms with Crippen molar-refractivity contribution in [1.29, 1.82) is 0 Å². The zero-order valence-corrected chi connectivity index (χ0v) is 11.9. The molecule has 0 aromatic heterocycles. The quantitative estimate of drug-likeness (QED) is 0.163. The highest BCUT2D eigenvalue weighted by Gasteiger charge is 2.27. The van der Waals surface area contributed by atoms with Gasteiger partial charge >= 0.3 is 0 Å². The lowest BCUT2D eigenvalue weighted by Crippen LogP contribution is -3.07. The molecule has 4 atom stereocenters. The van der Waals surface area contributed by atoms with Gasteiger partial charge in [-0.25, -0.2) is 0 Å². The molecule has 0 aromatic rings. The monoisotopic (exact) mass is 312 g/mol. The summed E-state index contributed by atoms with van der Waals surface area (Å²) in [6.07, 6.45) is -1.73. The topological polar surface area (TPSA) is 182 Å². The summed E-state index contributed by atoms with van der Waals surface area (Å²) in [6.45, 7) is -0.402. The van der Waals surface area contributed by atoms with E-state index in [1.807, 2.05) is 0 Å². The summed E-state index contributed by atoms with van der Waals surface area (Å²) in [7, 11) is 0. The van der Waals surface area contributed by atoms with Crippen LogP contribution in [-0.2, 0) is 9.59 Å². The Bertz CT molecular complexity index is 319. The van der Waals surface area contributed by atoms with Crippen molar-refractivity contribution < 1.29 is 46.4 Å². The Morgan fingerprint density at radius 3 is 2.30 bits per heavy atom. The van der Waals surface area contributed by atoms with E-state index in [1.54, 1.807) is 0 Å². The minimum atomic E-state index is -1.31. The predicted molar refractivity (Wildman–Crippen MR) is 64.3 cm³/mol. The van der Waals surface area contributed by atoms with E-state index in [0.29, 0.717) is 0 Å². The van der Waals surface area contributed by atoms with Crippen LogP contribution in [-0.4, -0.2) is 59.0 Å². The second-order valence-electron chi connectivity index (χ2n) is 4.50. The molecule has 0 aliphatic carbocycles. The summed E-state index contributed by atoms with van der Waals surface area (Å²) in [5.41, 5.74) is 3.36. The minimum absolute atomic E-state index is 0.137. The van der Waals surface area contributed by atoms with Crippen molar-refractivity contribution in [3.8, 4) is 0 Å². The maximum atomic E-state index is 10.5. The van der Waals surface area contributed by atoms with Crippen LogP contribution >= 0.6 is 12.6 Å². The molecule has 0 aliphatic heterocycles. The number of thiol groups is 1. The van der Waals surface area contributed by atoms with Gasteiger partial charge in [-0.3, -0.25) is 0 Å². The van der Waals surface area contributed by atoms with Crippen molar-refractivity contribution in [2.24, 2.45) is 0 Å². The van der Waals surface area contributed by atoms with Crippen molar-refractivity contribution in [3.63, 3.8) is 0 Å². The van der Waals surface area contributed by atoms with Crippen LogP contribution in [0.5, 0.6) is 0 Å². The van der Waals surface area contributed by atoms with Gasteiger partial charge in [0.25, 0.3) is 0 Å². The van der Waals surface area contributed by atoms with Crippen molar-refractivity contribution in [1.82, 2.24) is 0 Å². The van der Waals surface area contributed by atoms with Gasteiger partial charge < -0.3 is 46.4 Å². The lowest BCUT2D eigenvalue weighted by molar-refractivity contribution is -0.821. The fourth-order valence-electron chi connectivity index (χ4n) is 1.55. The van der Waals surface area contributed by atoms with Crippen LogP contribution in [0, 0.1) is 0 Å². The second-order valence-corrected chi connectivity index (χ2v) is 4.87. The average Bonchev–Trinajstić information content (AvgIpc) is 2.38. The molecule has 0 unspecified atom stereocenters. The lowest BCUT2D eigenvalue weighted by atomic mass is 10.1. The van der Waals surface area contributed by atoms with Crippen LogP contribution in [0.4, 0.5) is 0 Å². The maximum absolute atomic E-state index is 10.5. The fourth-order valence-corrected chi connectivity index (χ4v) is 1.88. The fraction of sp³-hybridized carbons (Fsp3) is 0.800. The van der Waals surface area contributed by atoms with Crippen LogP contribution in [0.1, 0.15) is 12.8 Å². The first-order valence-electron chi connectivity index (χ1n) is 6.17. The average molecular weight is 312 g/mol. The number of carboxylic acid groups (broad SMARTS) is 2. The van der Waals surface area contributed by atoms with E-state index < -0.39 is 43.0 Å². The van der Waals surface area contributed by atoms with Gasteiger partial charge in [0.05, 0.1) is 17.7 Å². The molecule has 0 radical (unpaired) electrons. The molecule has 0 saturated carbocycles. The number of carboxylic acids is 2. The maximum Gasteiger partial charge on any atom is 0.242 e. The summed E-state index contributed by atoms with van der Waals surface area (Å²) in [5.74, 6) is -2.39. The van der Waals surface area contributed by atoms with E-state index in [2.05, 4.69) is 18.4 Å². The number of aliphatic carboxylic acids is 2. The SMILES string of the molecule is [NH3+][C@@H](CC[C@@H](O)[NH2+][C@@H](CS)[C@@H](O)[NH2+]CC(=O)[O-])C(=O)[O-]. The van der Waals surface area contributed by atoms with Crippen LogP contribution in [0.2, 0.25) is 0 Å². The number of carbonyl (C=O) groups is 2. The first-order chi connectivity index (χ1) is 9.27. The summed E-state index contributed by atoms with van der Waals surface area (Å²) < 4.78 is 0. The van der Waals surface area contributed by atoms with E-state index in [0.717, 1.165) is 5.32 Å². The van der Waals surface area contributed by atoms with Crippen molar-refractivity contribution in [2.75, 3.05) is 12.3 Å². The van der Waals surface area contributed by atoms with E-state index >= 15 is 0 Å². The van der Waals surface area contributed by atoms with Crippen LogP contribution in [0.15, 0.2) is 0 Å². The number of hydrogen-bond donors (Lipinski definition) is 6. The Labute approximate surface area is 121 Å². The molecule has 0 heterocycles. The first-order valence-corrected chi connectivity index (χ1v) is 6.80. The van der Waals surface area contributed by atoms with E-state index in [1.165, 1.54) is 5.32 Å². The molecular formula is C10H22N3O6S+. The molecule has 9 N–H and O–H groups in total. The lowest BCUT2D eigenvalue weighted by Gasteiger charge is -2.21. The molecule has 20 heavy (non-hydrogen) atoms. The third-order valence-electron chi connectivity index (χ3n) is 2.79. The Balaban J connectivity index is 4.13. The second kappa shape index (κ2) is 9.91. The highest BCUT2D eigenvalue weighted by atomic mass is 32.1. The molecule has 0 spiro atoms. The number of nitrogens with two attached hydrogens (primary N) is 2. The molecule has 0 saturated heterocycles. The highest BCUT2D eigenvalue weighted by Crippen LogP contribution is 1.94. The van der Waals surface area contributed by atoms with Gasteiger partial charge in [0.15, 0.2) is 12.3 Å². The summed E-state index contributed by atoms with van der Waals surface area (Å²) in [4.78, 5) is 20.7. The highest BCUT2D eigenvalue weighted by molar-refractivity contribution is 7.80. The first kappa shape index (κ1) is 19.1. The van der Waals surface area contributed by atoms with Gasteiger partial charge in [-0.15, -0.1) is 0 Å². The van der Waals surface area contributed by atoms with Crippen molar-refractivity contribution in [2.45, 2.75) is 37.4 Å². The summed E-state index contributed by atoms with van der Waals surface area (Å²) in [6, 6.07) is -1.46. The number of rotatable bonds is 11. The van der Waals surface area contributed by atoms with Gasteiger partial charge in [0.2, 0.25) is 6.23 Å². The zero-order valence-electron chi connectivity index (χ0n) is 11.0. The Kier molecular flexibility index (Phi) is 9.46. The Morgan fingerprint density at radius 2 is 1.85 bits per heavy atom. The van der Waals surface area contributed by atoms with Gasteiger partial charge in [0.1, 0.15) is 12.6 Å². The summed E-state index contributed by atoms with van der Waals surface area (Å²) in [5, 5.41) is 42.7. The molecule has 9 nitrogen and oxygen atoms in total. The number of aliphatic hydroxyl groups excluding tert-OH is 2. The van der Waals surface area contributed by atoms with Crippen LogP contribution in [0.3, 0.4) is 0 Å². The number of carbonyl (C=O) groups excluding carboxylic acids is 2. The molecule has 0 amide bonds. The van der Waals surface area contributed by atoms with Crippen LogP contribution in [0.25, 0.3) is 0 Å². The van der Waals surface area contributed by atoms with E-state index in [-0.39, 0.29) is 18.6 Å². The molecule has 0 aliphatic rings. The third-order valence-corrected chi connectivity index (χ3v) is 3.21. The number of hydrogen-bond acceptors (Lipinski definition) is 7. The normalized spacial score (nSPS) is 17.2.